The van der Waals surface area contributed by atoms with Gasteiger partial charge >= 0.3 is 0 Å². The van der Waals surface area contributed by atoms with Crippen LogP contribution < -0.4 is 5.73 Å². The lowest BCUT2D eigenvalue weighted by Crippen LogP contribution is -2.34. The zero-order valence-electron chi connectivity index (χ0n) is 12.7. The van der Waals surface area contributed by atoms with Gasteiger partial charge in [-0.25, -0.2) is 14.4 Å². The minimum Gasteiger partial charge on any atom is -0.382 e. The zero-order chi connectivity index (χ0) is 16.7. The van der Waals surface area contributed by atoms with E-state index >= 15 is 0 Å². The molecule has 24 heavy (non-hydrogen) atoms. The van der Waals surface area contributed by atoms with Crippen LogP contribution in [0.2, 0.25) is 0 Å². The minimum atomic E-state index is -0.939. The van der Waals surface area contributed by atoms with Gasteiger partial charge in [0, 0.05) is 5.56 Å². The number of nitrogen functional groups attached to an aromatic ring is 1. The average molecular weight is 323 g/mol. The number of aliphatic hydroxyl groups is 1. The fourth-order valence-electron chi connectivity index (χ4n) is 2.56. The summed E-state index contributed by atoms with van der Waals surface area (Å²) in [6, 6.07) is 6.06. The molecule has 120 valence electrons. The fourth-order valence-corrected chi connectivity index (χ4v) is 2.56. The van der Waals surface area contributed by atoms with Crippen molar-refractivity contribution in [2.75, 3.05) is 5.73 Å². The summed E-state index contributed by atoms with van der Waals surface area (Å²) in [5.41, 5.74) is 6.41. The van der Waals surface area contributed by atoms with Gasteiger partial charge in [0.25, 0.3) is 0 Å². The highest BCUT2D eigenvalue weighted by Crippen LogP contribution is 2.30. The average Bonchev–Trinajstić information content (AvgIpc) is 2.96. The molecular weight excluding hydrogens is 309 g/mol. The van der Waals surface area contributed by atoms with Crippen molar-refractivity contribution in [2.24, 2.45) is 0 Å². The molecule has 0 radical (unpaired) electrons. The van der Waals surface area contributed by atoms with Crippen LogP contribution >= 0.6 is 0 Å². The van der Waals surface area contributed by atoms with Crippen LogP contribution in [0.4, 0.5) is 10.2 Å². The van der Waals surface area contributed by atoms with E-state index in [1.54, 1.807) is 12.1 Å². The molecule has 7 heteroatoms. The summed E-state index contributed by atoms with van der Waals surface area (Å²) in [5, 5.41) is 10.0. The number of hydrogen-bond acceptors (Lipinski definition) is 5. The van der Waals surface area contributed by atoms with Crippen molar-refractivity contribution in [1.82, 2.24) is 19.9 Å². The van der Waals surface area contributed by atoms with Crippen molar-refractivity contribution in [3.8, 4) is 23.2 Å². The lowest BCUT2D eigenvalue weighted by atomic mass is 9.81. The molecule has 0 atom stereocenters. The Hall–Kier alpha value is -2.98. The summed E-state index contributed by atoms with van der Waals surface area (Å²) in [6.45, 7) is 0. The van der Waals surface area contributed by atoms with Crippen LogP contribution in [0.1, 0.15) is 25.1 Å². The van der Waals surface area contributed by atoms with Gasteiger partial charge in [0.05, 0.1) is 0 Å². The maximum atomic E-state index is 13.4. The Labute approximate surface area is 137 Å². The number of rotatable bonds is 1. The first-order valence-corrected chi connectivity index (χ1v) is 7.57. The lowest BCUT2D eigenvalue weighted by Gasteiger charge is -2.30. The Bertz CT molecular complexity index is 997. The number of nitrogens with one attached hydrogen (secondary N) is 1. The fraction of sp³-hybridized carbons (Fsp3) is 0.235. The first kappa shape index (κ1) is 14.6. The first-order chi connectivity index (χ1) is 11.5. The maximum Gasteiger partial charge on any atom is 0.209 e. The molecule has 0 spiro atoms. The molecule has 1 aromatic carbocycles. The van der Waals surface area contributed by atoms with Crippen molar-refractivity contribution in [1.29, 1.82) is 0 Å². The third-order valence-electron chi connectivity index (χ3n) is 4.06. The maximum absolute atomic E-state index is 13.4. The molecule has 0 unspecified atom stereocenters. The van der Waals surface area contributed by atoms with E-state index in [1.165, 1.54) is 12.1 Å². The number of aromatic amines is 1. The second kappa shape index (κ2) is 5.28. The summed E-state index contributed by atoms with van der Waals surface area (Å²) in [5.74, 6) is 6.06. The molecule has 4 N–H and O–H groups in total. The number of nitrogens with two attached hydrogens (primary N) is 1. The standard InChI is InChI=1S/C17H14FN5O/c18-11-4-1-3-10(9-11)15-22-13-14(19)20-12(21-16(13)23-15)5-8-17(24)6-2-7-17/h1,3-4,9,24H,2,6-7H2,(H3,19,20,21,22,23). The van der Waals surface area contributed by atoms with Gasteiger partial charge in [-0.1, -0.05) is 18.1 Å². The summed E-state index contributed by atoms with van der Waals surface area (Å²) in [6.07, 6.45) is 2.28. The molecule has 0 aliphatic heterocycles. The van der Waals surface area contributed by atoms with Crippen molar-refractivity contribution in [3.63, 3.8) is 0 Å². The van der Waals surface area contributed by atoms with Gasteiger partial charge in [0.2, 0.25) is 5.82 Å². The second-order valence-electron chi connectivity index (χ2n) is 5.86. The summed E-state index contributed by atoms with van der Waals surface area (Å²) in [4.78, 5) is 15.7. The van der Waals surface area contributed by atoms with Crippen molar-refractivity contribution >= 4 is 17.0 Å². The van der Waals surface area contributed by atoms with Crippen LogP contribution in [0, 0.1) is 17.7 Å². The van der Waals surface area contributed by atoms with Gasteiger partial charge in [0.1, 0.15) is 22.8 Å². The molecule has 1 aliphatic rings. The van der Waals surface area contributed by atoms with Gasteiger partial charge < -0.3 is 15.8 Å². The van der Waals surface area contributed by atoms with Crippen molar-refractivity contribution in [3.05, 3.63) is 35.9 Å². The van der Waals surface area contributed by atoms with E-state index in [-0.39, 0.29) is 17.5 Å². The second-order valence-corrected chi connectivity index (χ2v) is 5.86. The predicted octanol–water partition coefficient (Wildman–Crippen LogP) is 2.01. The van der Waals surface area contributed by atoms with Crippen LogP contribution in [0.5, 0.6) is 0 Å². The number of imidazole rings is 1. The number of benzene rings is 1. The molecule has 0 saturated heterocycles. The monoisotopic (exact) mass is 323 g/mol. The largest absolute Gasteiger partial charge is 0.382 e. The smallest absolute Gasteiger partial charge is 0.209 e. The summed E-state index contributed by atoms with van der Waals surface area (Å²) < 4.78 is 13.4. The quantitative estimate of drug-likeness (QED) is 0.595. The highest BCUT2D eigenvalue weighted by atomic mass is 19.1. The van der Waals surface area contributed by atoms with Gasteiger partial charge in [0.15, 0.2) is 11.5 Å². The number of anilines is 1. The molecule has 1 fully saturated rings. The number of hydrogen-bond donors (Lipinski definition) is 3. The molecule has 0 amide bonds. The third kappa shape index (κ3) is 2.57. The van der Waals surface area contributed by atoms with E-state index in [9.17, 15) is 9.50 Å². The van der Waals surface area contributed by atoms with E-state index in [0.29, 0.717) is 35.4 Å². The van der Waals surface area contributed by atoms with Crippen LogP contribution in [-0.2, 0) is 0 Å². The SMILES string of the molecule is Nc1nc(C#CC2(O)CCC2)nc2nc(-c3cccc(F)c3)[nH]c12. The molecule has 1 saturated carbocycles. The van der Waals surface area contributed by atoms with Gasteiger partial charge in [-0.2, -0.15) is 4.98 Å². The minimum absolute atomic E-state index is 0.206. The van der Waals surface area contributed by atoms with Crippen molar-refractivity contribution in [2.45, 2.75) is 24.9 Å². The normalized spacial score (nSPS) is 15.6. The van der Waals surface area contributed by atoms with Crippen LogP contribution in [0.25, 0.3) is 22.6 Å². The Morgan fingerprint density at radius 1 is 1.25 bits per heavy atom. The highest BCUT2D eigenvalue weighted by molar-refractivity contribution is 5.84. The van der Waals surface area contributed by atoms with Crippen LogP contribution in [0.3, 0.4) is 0 Å². The van der Waals surface area contributed by atoms with Gasteiger partial charge in [-0.15, -0.1) is 0 Å². The van der Waals surface area contributed by atoms with E-state index < -0.39 is 5.60 Å². The predicted molar refractivity (Wildman–Crippen MR) is 87.2 cm³/mol. The Morgan fingerprint density at radius 2 is 2.08 bits per heavy atom. The van der Waals surface area contributed by atoms with Crippen LogP contribution in [-0.4, -0.2) is 30.6 Å². The van der Waals surface area contributed by atoms with E-state index in [4.69, 9.17) is 5.73 Å². The first-order valence-electron chi connectivity index (χ1n) is 7.57. The molecule has 6 nitrogen and oxygen atoms in total. The zero-order valence-corrected chi connectivity index (χ0v) is 12.7. The van der Waals surface area contributed by atoms with Gasteiger partial charge in [-0.3, -0.25) is 0 Å². The Kier molecular flexibility index (Phi) is 3.22. The number of aromatic nitrogens is 4. The van der Waals surface area contributed by atoms with E-state index in [1.807, 2.05) is 0 Å². The lowest BCUT2D eigenvalue weighted by molar-refractivity contribution is 0.0239. The highest BCUT2D eigenvalue weighted by Gasteiger charge is 2.32. The number of H-pyrrole nitrogens is 1. The molecule has 0 bridgehead atoms. The Balaban J connectivity index is 1.75. The molecule has 2 aromatic heterocycles. The van der Waals surface area contributed by atoms with Crippen molar-refractivity contribution < 1.29 is 9.50 Å². The third-order valence-corrected chi connectivity index (χ3v) is 4.06. The molecule has 3 aromatic rings. The van der Waals surface area contributed by atoms with E-state index in [0.717, 1.165) is 6.42 Å². The summed E-state index contributed by atoms with van der Waals surface area (Å²) in [7, 11) is 0. The number of halogens is 1. The molecule has 1 aliphatic carbocycles. The number of nitrogens with zero attached hydrogens (tertiary/aromatic N) is 3. The topological polar surface area (TPSA) is 101 Å². The van der Waals surface area contributed by atoms with Gasteiger partial charge in [-0.05, 0) is 37.3 Å². The molecule has 4 rings (SSSR count). The molecular formula is C17H14FN5O. The molecule has 2 heterocycles. The van der Waals surface area contributed by atoms with Crippen LogP contribution in [0.15, 0.2) is 24.3 Å². The number of fused-ring (bicyclic) bond motifs is 1. The summed E-state index contributed by atoms with van der Waals surface area (Å²) >= 11 is 0. The van der Waals surface area contributed by atoms with E-state index in [2.05, 4.69) is 31.8 Å². The Morgan fingerprint density at radius 3 is 2.79 bits per heavy atom.